The van der Waals surface area contributed by atoms with E-state index >= 15 is 0 Å². The minimum absolute atomic E-state index is 0.219. The Morgan fingerprint density at radius 2 is 1.68 bits per heavy atom. The highest BCUT2D eigenvalue weighted by molar-refractivity contribution is 7.99. The maximum atomic E-state index is 13.4. The lowest BCUT2D eigenvalue weighted by Gasteiger charge is -2.22. The van der Waals surface area contributed by atoms with Crippen LogP contribution < -0.4 is 9.46 Å². The van der Waals surface area contributed by atoms with Crippen molar-refractivity contribution in [3.63, 3.8) is 0 Å². The molecule has 0 unspecified atom stereocenters. The molecule has 0 bridgehead atoms. The summed E-state index contributed by atoms with van der Waals surface area (Å²) in [6, 6.07) is 27.5. The number of benzene rings is 4. The minimum Gasteiger partial charge on any atom is -0.496 e. The molecular weight excluding hydrogens is 518 g/mol. The summed E-state index contributed by atoms with van der Waals surface area (Å²) >= 11 is 1.42. The molecule has 1 aliphatic carbocycles. The zero-order valence-electron chi connectivity index (χ0n) is 20.3. The third kappa shape index (κ3) is 4.47. The van der Waals surface area contributed by atoms with Crippen LogP contribution in [0.25, 0.3) is 10.8 Å². The Morgan fingerprint density at radius 3 is 2.47 bits per heavy atom. The van der Waals surface area contributed by atoms with Crippen LogP contribution in [-0.2, 0) is 10.0 Å². The fraction of sp³-hybridized carbons (Fsp3) is 0.107. The van der Waals surface area contributed by atoms with Crippen LogP contribution in [0.15, 0.2) is 112 Å². The van der Waals surface area contributed by atoms with Gasteiger partial charge in [-0.15, -0.1) is 10.2 Å². The smallest absolute Gasteiger partial charge is 0.241 e. The van der Waals surface area contributed by atoms with E-state index in [1.165, 1.54) is 18.1 Å². The Balaban J connectivity index is 1.37. The maximum absolute atomic E-state index is 13.4. The minimum atomic E-state index is -3.78. The molecule has 1 aliphatic rings. The number of ether oxygens (including phenoxy) is 1. The first-order valence-electron chi connectivity index (χ1n) is 11.9. The topological polar surface area (TPSA) is 98.5 Å². The van der Waals surface area contributed by atoms with Gasteiger partial charge in [-0.3, -0.25) is 0 Å². The molecule has 38 heavy (non-hydrogen) atoms. The molecule has 5 aromatic rings. The molecule has 0 aliphatic heterocycles. The van der Waals surface area contributed by atoms with Crippen LogP contribution in [0.4, 0.5) is 0 Å². The first kappa shape index (κ1) is 24.4. The maximum Gasteiger partial charge on any atom is 0.241 e. The highest BCUT2D eigenvalue weighted by Crippen LogP contribution is 2.53. The molecule has 0 amide bonds. The van der Waals surface area contributed by atoms with Crippen LogP contribution in [-0.4, -0.2) is 36.6 Å². The van der Waals surface area contributed by atoms with Gasteiger partial charge in [0.05, 0.1) is 29.5 Å². The van der Waals surface area contributed by atoms with Gasteiger partial charge < -0.3 is 4.74 Å². The molecule has 8 nitrogen and oxygen atoms in total. The van der Waals surface area contributed by atoms with Gasteiger partial charge in [-0.05, 0) is 46.2 Å². The third-order valence-corrected chi connectivity index (χ3v) is 9.16. The summed E-state index contributed by atoms with van der Waals surface area (Å²) in [6.45, 7) is 0. The van der Waals surface area contributed by atoms with Crippen molar-refractivity contribution in [3.05, 3.63) is 114 Å². The zero-order chi connectivity index (χ0) is 26.1. The van der Waals surface area contributed by atoms with Gasteiger partial charge in [0.2, 0.25) is 15.2 Å². The summed E-state index contributed by atoms with van der Waals surface area (Å²) in [4.78, 5) is 0.219. The molecule has 1 aromatic heterocycles. The molecule has 2 atom stereocenters. The average molecular weight is 542 g/mol. The zero-order valence-corrected chi connectivity index (χ0v) is 21.9. The van der Waals surface area contributed by atoms with Crippen LogP contribution in [0.2, 0.25) is 0 Å². The summed E-state index contributed by atoms with van der Waals surface area (Å²) in [5, 5.41) is 15.3. The van der Waals surface area contributed by atoms with Gasteiger partial charge >= 0.3 is 0 Å². The number of nitrogens with zero attached hydrogens (tertiary/aromatic N) is 4. The lowest BCUT2D eigenvalue weighted by molar-refractivity contribution is 0.414. The fourth-order valence-electron chi connectivity index (χ4n) is 4.72. The van der Waals surface area contributed by atoms with E-state index in [1.807, 2.05) is 60.7 Å². The second-order valence-corrected chi connectivity index (χ2v) is 11.5. The highest BCUT2D eigenvalue weighted by Gasteiger charge is 2.38. The summed E-state index contributed by atoms with van der Waals surface area (Å²) in [7, 11) is -2.17. The van der Waals surface area contributed by atoms with Crippen molar-refractivity contribution >= 4 is 38.8 Å². The number of para-hydroxylation sites is 1. The van der Waals surface area contributed by atoms with Crippen LogP contribution in [0, 0.1) is 0 Å². The Hall–Kier alpha value is -3.99. The van der Waals surface area contributed by atoms with E-state index in [0.29, 0.717) is 10.9 Å². The molecule has 0 saturated heterocycles. The molecule has 10 heteroatoms. The van der Waals surface area contributed by atoms with Gasteiger partial charge in [0.15, 0.2) is 0 Å². The SMILES string of the molecule is COc1ccccc1/C=N\n1cnnc1S[C@H]1c2cccc3cccc(c23)[C@H]1NS(=O)(=O)c1ccccc1. The largest absolute Gasteiger partial charge is 0.496 e. The molecule has 1 heterocycles. The predicted octanol–water partition coefficient (Wildman–Crippen LogP) is 5.19. The summed E-state index contributed by atoms with van der Waals surface area (Å²) in [6.07, 6.45) is 3.21. The number of methoxy groups -OCH3 is 1. The molecule has 190 valence electrons. The average Bonchev–Trinajstić information content (AvgIpc) is 3.52. The van der Waals surface area contributed by atoms with Gasteiger partial charge in [0, 0.05) is 5.56 Å². The van der Waals surface area contributed by atoms with Crippen molar-refractivity contribution in [1.29, 1.82) is 0 Å². The molecular formula is C28H23N5O3S2. The molecule has 0 saturated carbocycles. The van der Waals surface area contributed by atoms with Gasteiger partial charge in [-0.1, -0.05) is 78.5 Å². The molecule has 4 aromatic carbocycles. The second-order valence-electron chi connectivity index (χ2n) is 8.69. The van der Waals surface area contributed by atoms with Crippen molar-refractivity contribution in [2.75, 3.05) is 7.11 Å². The summed E-state index contributed by atoms with van der Waals surface area (Å²) in [5.41, 5.74) is 2.78. The Morgan fingerprint density at radius 1 is 0.947 bits per heavy atom. The first-order valence-corrected chi connectivity index (χ1v) is 14.2. The van der Waals surface area contributed by atoms with E-state index in [4.69, 9.17) is 4.74 Å². The predicted molar refractivity (Wildman–Crippen MR) is 148 cm³/mol. The standard InChI is InChI=1S/C28H23N5O3S2/c1-36-24-16-6-5-9-20(24)17-30-33-18-29-31-28(33)37-27-23-15-8-11-19-10-7-14-22(25(19)23)26(27)32-38(34,35)21-12-3-2-4-13-21/h2-18,26-27,32H,1H3/b30-17-/t26-,27+/m1/s1. The second kappa shape index (κ2) is 10.1. The van der Waals surface area contributed by atoms with E-state index in [2.05, 4.69) is 20.0 Å². The van der Waals surface area contributed by atoms with Gasteiger partial charge in [-0.25, -0.2) is 13.1 Å². The van der Waals surface area contributed by atoms with Crippen LogP contribution in [0.3, 0.4) is 0 Å². The number of aromatic nitrogens is 3. The van der Waals surface area contributed by atoms with Crippen molar-refractivity contribution in [1.82, 2.24) is 19.6 Å². The molecule has 0 radical (unpaired) electrons. The third-order valence-electron chi connectivity index (χ3n) is 6.44. The van der Waals surface area contributed by atoms with Crippen LogP contribution in [0.5, 0.6) is 5.75 Å². The number of rotatable bonds is 8. The van der Waals surface area contributed by atoms with Crippen molar-refractivity contribution < 1.29 is 13.2 Å². The molecule has 1 N–H and O–H groups in total. The van der Waals surface area contributed by atoms with Gasteiger partial charge in [0.25, 0.3) is 0 Å². The van der Waals surface area contributed by atoms with Crippen LogP contribution >= 0.6 is 11.8 Å². The summed E-state index contributed by atoms with van der Waals surface area (Å²) < 4.78 is 36.8. The Kier molecular flexibility index (Phi) is 6.44. The van der Waals surface area contributed by atoms with Gasteiger partial charge in [-0.2, -0.15) is 9.78 Å². The lowest BCUT2D eigenvalue weighted by atomic mass is 10.1. The highest BCUT2D eigenvalue weighted by atomic mass is 32.2. The van der Waals surface area contributed by atoms with Crippen molar-refractivity contribution in [2.24, 2.45) is 5.10 Å². The van der Waals surface area contributed by atoms with E-state index in [0.717, 1.165) is 27.5 Å². The van der Waals surface area contributed by atoms with E-state index in [1.54, 1.807) is 48.3 Å². The normalized spacial score (nSPS) is 16.9. The number of hydrogen-bond donors (Lipinski definition) is 1. The van der Waals surface area contributed by atoms with Crippen molar-refractivity contribution in [2.45, 2.75) is 21.3 Å². The molecule has 0 spiro atoms. The summed E-state index contributed by atoms with van der Waals surface area (Å²) in [5.74, 6) is 0.701. The van der Waals surface area contributed by atoms with E-state index in [9.17, 15) is 8.42 Å². The fourth-order valence-corrected chi connectivity index (χ4v) is 7.25. The van der Waals surface area contributed by atoms with Crippen LogP contribution in [0.1, 0.15) is 28.0 Å². The first-order chi connectivity index (χ1) is 18.5. The lowest BCUT2D eigenvalue weighted by Crippen LogP contribution is -2.30. The Labute approximate surface area is 224 Å². The van der Waals surface area contributed by atoms with Gasteiger partial charge in [0.1, 0.15) is 12.1 Å². The van der Waals surface area contributed by atoms with Crippen molar-refractivity contribution in [3.8, 4) is 5.75 Å². The quantitative estimate of drug-likeness (QED) is 0.272. The number of thioether (sulfide) groups is 1. The van der Waals surface area contributed by atoms with E-state index in [-0.39, 0.29) is 10.1 Å². The number of sulfonamides is 1. The number of hydrogen-bond acceptors (Lipinski definition) is 7. The molecule has 0 fully saturated rings. The van der Waals surface area contributed by atoms with E-state index < -0.39 is 16.1 Å². The number of nitrogens with one attached hydrogen (secondary N) is 1. The Bertz CT molecular complexity index is 1750. The molecule has 6 rings (SSSR count). The monoisotopic (exact) mass is 541 g/mol.